The van der Waals surface area contributed by atoms with E-state index in [1.165, 1.54) is 5.56 Å². The van der Waals surface area contributed by atoms with Crippen LogP contribution in [0.1, 0.15) is 40.8 Å². The van der Waals surface area contributed by atoms with Gasteiger partial charge >= 0.3 is 0 Å². The van der Waals surface area contributed by atoms with Crippen LogP contribution in [0.5, 0.6) is 0 Å². The molecule has 23 heavy (non-hydrogen) atoms. The van der Waals surface area contributed by atoms with E-state index < -0.39 is 0 Å². The van der Waals surface area contributed by atoms with E-state index in [1.54, 1.807) is 7.11 Å². The summed E-state index contributed by atoms with van der Waals surface area (Å²) < 4.78 is 10.7. The smallest absolute Gasteiger partial charge is 0.156 e. The summed E-state index contributed by atoms with van der Waals surface area (Å²) in [7, 11) is 1.65. The molecule has 0 saturated carbocycles. The first-order valence-corrected chi connectivity index (χ1v) is 7.86. The highest BCUT2D eigenvalue weighted by Crippen LogP contribution is 2.25. The van der Waals surface area contributed by atoms with E-state index in [4.69, 9.17) is 9.47 Å². The summed E-state index contributed by atoms with van der Waals surface area (Å²) in [4.78, 5) is 9.15. The molecule has 124 valence electrons. The second kappa shape index (κ2) is 7.06. The first-order valence-electron chi connectivity index (χ1n) is 7.86. The Morgan fingerprint density at radius 3 is 2.91 bits per heavy atom. The summed E-state index contributed by atoms with van der Waals surface area (Å²) >= 11 is 0. The molecule has 0 spiro atoms. The Bertz CT molecular complexity index is 645. The van der Waals surface area contributed by atoms with Crippen molar-refractivity contribution in [2.45, 2.75) is 39.3 Å². The first kappa shape index (κ1) is 15.9. The lowest BCUT2D eigenvalue weighted by Gasteiger charge is -2.13. The van der Waals surface area contributed by atoms with Crippen LogP contribution in [0, 0.1) is 13.8 Å². The number of aryl methyl sites for hydroxylation is 2. The molecule has 0 aliphatic carbocycles. The molecule has 2 N–H and O–H groups in total. The SMILES string of the molecule is COCc1nc(NCc2c(C)n[nH]c2C)cc([C@H]2CCOC2)n1. The van der Waals surface area contributed by atoms with Crippen molar-refractivity contribution in [2.24, 2.45) is 0 Å². The van der Waals surface area contributed by atoms with Gasteiger partial charge in [0.2, 0.25) is 0 Å². The van der Waals surface area contributed by atoms with Crippen LogP contribution in [0.15, 0.2) is 6.07 Å². The van der Waals surface area contributed by atoms with E-state index >= 15 is 0 Å². The molecule has 0 unspecified atom stereocenters. The quantitative estimate of drug-likeness (QED) is 0.848. The Kier molecular flexibility index (Phi) is 4.88. The van der Waals surface area contributed by atoms with E-state index in [9.17, 15) is 0 Å². The molecule has 7 heteroatoms. The molecular formula is C16H23N5O2. The Morgan fingerprint density at radius 1 is 1.39 bits per heavy atom. The van der Waals surface area contributed by atoms with Crippen molar-refractivity contribution >= 4 is 5.82 Å². The molecule has 1 fully saturated rings. The van der Waals surface area contributed by atoms with Gasteiger partial charge in [-0.3, -0.25) is 5.10 Å². The first-order chi connectivity index (χ1) is 11.2. The number of rotatable bonds is 6. The number of H-pyrrole nitrogens is 1. The number of ether oxygens (including phenoxy) is 2. The van der Waals surface area contributed by atoms with Crippen LogP contribution in [0.3, 0.4) is 0 Å². The lowest BCUT2D eigenvalue weighted by atomic mass is 10.0. The molecule has 2 aromatic rings. The zero-order chi connectivity index (χ0) is 16.2. The van der Waals surface area contributed by atoms with Crippen molar-refractivity contribution in [3.63, 3.8) is 0 Å². The van der Waals surface area contributed by atoms with Crippen molar-refractivity contribution in [1.29, 1.82) is 0 Å². The maximum Gasteiger partial charge on any atom is 0.156 e. The monoisotopic (exact) mass is 317 g/mol. The van der Waals surface area contributed by atoms with Crippen LogP contribution >= 0.6 is 0 Å². The molecule has 0 aromatic carbocycles. The van der Waals surface area contributed by atoms with Gasteiger partial charge in [-0.05, 0) is 20.3 Å². The molecule has 1 saturated heterocycles. The molecule has 3 rings (SSSR count). The normalized spacial score (nSPS) is 17.6. The Labute approximate surface area is 135 Å². The summed E-state index contributed by atoms with van der Waals surface area (Å²) in [6, 6.07) is 2.02. The highest BCUT2D eigenvalue weighted by Gasteiger charge is 2.21. The number of aromatic amines is 1. The van der Waals surface area contributed by atoms with Crippen LogP contribution in [0.4, 0.5) is 5.82 Å². The van der Waals surface area contributed by atoms with E-state index in [0.717, 1.165) is 42.5 Å². The maximum atomic E-state index is 5.48. The van der Waals surface area contributed by atoms with Crippen LogP contribution in [-0.4, -0.2) is 40.5 Å². The van der Waals surface area contributed by atoms with Gasteiger partial charge in [-0.25, -0.2) is 9.97 Å². The van der Waals surface area contributed by atoms with Crippen molar-refractivity contribution < 1.29 is 9.47 Å². The molecule has 0 radical (unpaired) electrons. The average molecular weight is 317 g/mol. The molecule has 7 nitrogen and oxygen atoms in total. The predicted octanol–water partition coefficient (Wildman–Crippen LogP) is 2.08. The van der Waals surface area contributed by atoms with Crippen LogP contribution in [0.25, 0.3) is 0 Å². The minimum atomic E-state index is 0.339. The summed E-state index contributed by atoms with van der Waals surface area (Å²) in [5.41, 5.74) is 4.27. The molecular weight excluding hydrogens is 294 g/mol. The second-order valence-electron chi connectivity index (χ2n) is 5.85. The highest BCUT2D eigenvalue weighted by molar-refractivity contribution is 5.39. The molecule has 3 heterocycles. The summed E-state index contributed by atoms with van der Waals surface area (Å²) in [5.74, 6) is 1.85. The highest BCUT2D eigenvalue weighted by atomic mass is 16.5. The van der Waals surface area contributed by atoms with E-state index in [0.29, 0.717) is 24.9 Å². The minimum absolute atomic E-state index is 0.339. The molecule has 1 atom stereocenters. The lowest BCUT2D eigenvalue weighted by molar-refractivity contribution is 0.177. The van der Waals surface area contributed by atoms with E-state index in [-0.39, 0.29) is 0 Å². The largest absolute Gasteiger partial charge is 0.381 e. The number of aromatic nitrogens is 4. The van der Waals surface area contributed by atoms with Crippen molar-refractivity contribution in [2.75, 3.05) is 25.6 Å². The van der Waals surface area contributed by atoms with Gasteiger partial charge in [0.25, 0.3) is 0 Å². The molecule has 0 bridgehead atoms. The Balaban J connectivity index is 1.79. The van der Waals surface area contributed by atoms with Gasteiger partial charge in [0.1, 0.15) is 12.4 Å². The molecule has 0 amide bonds. The third-order valence-electron chi connectivity index (χ3n) is 4.14. The fourth-order valence-electron chi connectivity index (χ4n) is 2.79. The van der Waals surface area contributed by atoms with Gasteiger partial charge in [-0.2, -0.15) is 5.10 Å². The van der Waals surface area contributed by atoms with Crippen molar-refractivity contribution in [1.82, 2.24) is 20.2 Å². The third-order valence-corrected chi connectivity index (χ3v) is 4.14. The fourth-order valence-corrected chi connectivity index (χ4v) is 2.79. The number of hydrogen-bond acceptors (Lipinski definition) is 6. The van der Waals surface area contributed by atoms with Gasteiger partial charge in [0, 0.05) is 43.5 Å². The van der Waals surface area contributed by atoms with Gasteiger partial charge in [-0.15, -0.1) is 0 Å². The number of nitrogens with zero attached hydrogens (tertiary/aromatic N) is 3. The Morgan fingerprint density at radius 2 is 2.26 bits per heavy atom. The van der Waals surface area contributed by atoms with Gasteiger partial charge in [-0.1, -0.05) is 0 Å². The lowest BCUT2D eigenvalue weighted by Crippen LogP contribution is -2.10. The summed E-state index contributed by atoms with van der Waals surface area (Å²) in [5, 5.41) is 10.6. The predicted molar refractivity (Wildman–Crippen MR) is 86.3 cm³/mol. The Hall–Kier alpha value is -1.99. The molecule has 2 aromatic heterocycles. The van der Waals surface area contributed by atoms with Crippen LogP contribution < -0.4 is 5.32 Å². The minimum Gasteiger partial charge on any atom is -0.381 e. The van der Waals surface area contributed by atoms with Crippen molar-refractivity contribution in [3.8, 4) is 0 Å². The van der Waals surface area contributed by atoms with E-state index in [2.05, 4.69) is 25.5 Å². The number of anilines is 1. The topological polar surface area (TPSA) is 85.0 Å². The zero-order valence-electron chi connectivity index (χ0n) is 13.8. The second-order valence-corrected chi connectivity index (χ2v) is 5.85. The molecule has 1 aliphatic rings. The summed E-state index contributed by atoms with van der Waals surface area (Å²) in [6.45, 7) is 6.62. The zero-order valence-corrected chi connectivity index (χ0v) is 13.8. The number of methoxy groups -OCH3 is 1. The number of nitrogens with one attached hydrogen (secondary N) is 2. The van der Waals surface area contributed by atoms with Gasteiger partial charge < -0.3 is 14.8 Å². The third kappa shape index (κ3) is 3.68. The number of hydrogen-bond donors (Lipinski definition) is 2. The standard InChI is InChI=1S/C16H23N5O2/c1-10-13(11(2)21-20-10)7-17-15-6-14(12-4-5-23-8-12)18-16(19-15)9-22-3/h6,12H,4-5,7-9H2,1-3H3,(H,20,21)(H,17,18,19)/t12-/m0/s1. The maximum absolute atomic E-state index is 5.48. The fraction of sp³-hybridized carbons (Fsp3) is 0.562. The summed E-state index contributed by atoms with van der Waals surface area (Å²) in [6.07, 6.45) is 1.00. The van der Waals surface area contributed by atoms with Gasteiger partial charge in [0.15, 0.2) is 5.82 Å². The molecule has 1 aliphatic heterocycles. The van der Waals surface area contributed by atoms with Crippen LogP contribution in [0.2, 0.25) is 0 Å². The van der Waals surface area contributed by atoms with Crippen LogP contribution in [-0.2, 0) is 22.6 Å². The van der Waals surface area contributed by atoms with Gasteiger partial charge in [0.05, 0.1) is 18.0 Å². The van der Waals surface area contributed by atoms with Crippen molar-refractivity contribution in [3.05, 3.63) is 34.5 Å². The average Bonchev–Trinajstić information content (AvgIpc) is 3.17. The van der Waals surface area contributed by atoms with E-state index in [1.807, 2.05) is 19.9 Å².